The Labute approximate surface area is 145 Å². The van der Waals surface area contributed by atoms with E-state index in [1.165, 1.54) is 0 Å². The van der Waals surface area contributed by atoms with E-state index in [0.717, 1.165) is 36.8 Å². The van der Waals surface area contributed by atoms with Gasteiger partial charge in [0.15, 0.2) is 11.7 Å². The van der Waals surface area contributed by atoms with E-state index in [2.05, 4.69) is 34.6 Å². The van der Waals surface area contributed by atoms with Gasteiger partial charge in [-0.25, -0.2) is 4.99 Å². The summed E-state index contributed by atoms with van der Waals surface area (Å²) in [5, 5.41) is 10.6. The molecular weight excluding hydrogens is 308 g/mol. The summed E-state index contributed by atoms with van der Waals surface area (Å²) in [7, 11) is 1.66. The van der Waals surface area contributed by atoms with E-state index in [-0.39, 0.29) is 0 Å². The molecule has 0 fully saturated rings. The number of methoxy groups -OCH3 is 1. The second kappa shape index (κ2) is 12.8. The number of aliphatic imine (C=N–C) groups is 1. The van der Waals surface area contributed by atoms with Crippen molar-refractivity contribution in [1.82, 2.24) is 15.8 Å². The van der Waals surface area contributed by atoms with Crippen molar-refractivity contribution in [3.05, 3.63) is 17.5 Å². The van der Waals surface area contributed by atoms with Gasteiger partial charge >= 0.3 is 0 Å². The third-order valence-corrected chi connectivity index (χ3v) is 3.69. The second-order valence-electron chi connectivity index (χ2n) is 5.46. The van der Waals surface area contributed by atoms with E-state index >= 15 is 0 Å². The van der Waals surface area contributed by atoms with Crippen LogP contribution in [0.3, 0.4) is 0 Å². The zero-order valence-electron chi connectivity index (χ0n) is 15.4. The van der Waals surface area contributed by atoms with Gasteiger partial charge in [0.25, 0.3) is 0 Å². The van der Waals surface area contributed by atoms with Crippen LogP contribution < -0.4 is 10.6 Å². The molecule has 0 bridgehead atoms. The van der Waals surface area contributed by atoms with E-state index in [1.807, 2.05) is 13.0 Å². The fourth-order valence-electron chi connectivity index (χ4n) is 2.29. The summed E-state index contributed by atoms with van der Waals surface area (Å²) in [5.41, 5.74) is 1.02. The van der Waals surface area contributed by atoms with E-state index in [1.54, 1.807) is 7.11 Å². The van der Waals surface area contributed by atoms with Gasteiger partial charge in [-0.2, -0.15) is 0 Å². The fraction of sp³-hybridized carbons (Fsp3) is 0.765. The number of aromatic nitrogens is 1. The summed E-state index contributed by atoms with van der Waals surface area (Å²) in [6.45, 7) is 10.1. The van der Waals surface area contributed by atoms with Gasteiger partial charge < -0.3 is 24.6 Å². The summed E-state index contributed by atoms with van der Waals surface area (Å²) in [6.07, 6.45) is 2.14. The lowest BCUT2D eigenvalue weighted by atomic mass is 9.99. The van der Waals surface area contributed by atoms with Gasteiger partial charge in [-0.3, -0.25) is 0 Å². The standard InChI is InChI=1S/C17H32N4O3/c1-5-14(6-2)16-12-15(24-21-16)13-20-17(18-7-3)19-8-9-23-11-10-22-4/h12,14H,5-11,13H2,1-4H3,(H2,18,19,20). The Morgan fingerprint density at radius 1 is 1.21 bits per heavy atom. The molecule has 7 heteroatoms. The highest BCUT2D eigenvalue weighted by Gasteiger charge is 2.12. The first-order valence-electron chi connectivity index (χ1n) is 8.79. The van der Waals surface area contributed by atoms with Gasteiger partial charge in [-0.1, -0.05) is 19.0 Å². The van der Waals surface area contributed by atoms with Crippen molar-refractivity contribution in [2.24, 2.45) is 4.99 Å². The van der Waals surface area contributed by atoms with Crippen LogP contribution in [0, 0.1) is 0 Å². The van der Waals surface area contributed by atoms with Crippen LogP contribution in [0.15, 0.2) is 15.6 Å². The number of nitrogens with zero attached hydrogens (tertiary/aromatic N) is 2. The lowest BCUT2D eigenvalue weighted by molar-refractivity contribution is 0.0733. The van der Waals surface area contributed by atoms with Gasteiger partial charge in [0, 0.05) is 32.2 Å². The maximum absolute atomic E-state index is 5.42. The number of hydrogen-bond acceptors (Lipinski definition) is 5. The van der Waals surface area contributed by atoms with Crippen molar-refractivity contribution in [1.29, 1.82) is 0 Å². The number of ether oxygens (including phenoxy) is 2. The van der Waals surface area contributed by atoms with Gasteiger partial charge in [-0.05, 0) is 19.8 Å². The van der Waals surface area contributed by atoms with E-state index in [4.69, 9.17) is 14.0 Å². The highest BCUT2D eigenvalue weighted by molar-refractivity contribution is 5.79. The molecule has 0 unspecified atom stereocenters. The first kappa shape index (κ1) is 20.4. The maximum atomic E-state index is 5.42. The van der Waals surface area contributed by atoms with E-state index < -0.39 is 0 Å². The smallest absolute Gasteiger partial charge is 0.191 e. The molecule has 0 spiro atoms. The normalized spacial score (nSPS) is 12.0. The molecule has 0 aliphatic rings. The molecule has 0 saturated carbocycles. The van der Waals surface area contributed by atoms with Crippen molar-refractivity contribution in [2.45, 2.75) is 46.1 Å². The first-order valence-corrected chi connectivity index (χ1v) is 8.79. The zero-order chi connectivity index (χ0) is 17.6. The van der Waals surface area contributed by atoms with Crippen LogP contribution in [0.1, 0.15) is 51.0 Å². The van der Waals surface area contributed by atoms with Crippen molar-refractivity contribution >= 4 is 5.96 Å². The third-order valence-electron chi connectivity index (χ3n) is 3.69. The minimum Gasteiger partial charge on any atom is -0.382 e. The number of nitrogens with one attached hydrogen (secondary N) is 2. The Balaban J connectivity index is 2.44. The molecule has 1 heterocycles. The lowest BCUT2D eigenvalue weighted by Gasteiger charge is -2.11. The zero-order valence-corrected chi connectivity index (χ0v) is 15.4. The van der Waals surface area contributed by atoms with Crippen LogP contribution in [0.2, 0.25) is 0 Å². The van der Waals surface area contributed by atoms with E-state index in [0.29, 0.717) is 38.8 Å². The number of hydrogen-bond donors (Lipinski definition) is 2. The second-order valence-corrected chi connectivity index (χ2v) is 5.46. The molecule has 1 aromatic heterocycles. The SMILES string of the molecule is CCNC(=NCc1cc(C(CC)CC)no1)NCCOCCOC. The van der Waals surface area contributed by atoms with Crippen LogP contribution in [0.5, 0.6) is 0 Å². The van der Waals surface area contributed by atoms with Crippen molar-refractivity contribution in [3.63, 3.8) is 0 Å². The van der Waals surface area contributed by atoms with Crippen LogP contribution >= 0.6 is 0 Å². The molecule has 24 heavy (non-hydrogen) atoms. The van der Waals surface area contributed by atoms with Crippen molar-refractivity contribution < 1.29 is 14.0 Å². The molecule has 1 rings (SSSR count). The fourth-order valence-corrected chi connectivity index (χ4v) is 2.29. The molecule has 138 valence electrons. The van der Waals surface area contributed by atoms with Crippen LogP contribution in [-0.4, -0.2) is 51.1 Å². The molecule has 2 N–H and O–H groups in total. The quantitative estimate of drug-likeness (QED) is 0.345. The van der Waals surface area contributed by atoms with Gasteiger partial charge in [-0.15, -0.1) is 0 Å². The molecular formula is C17H32N4O3. The van der Waals surface area contributed by atoms with Gasteiger partial charge in [0.05, 0.1) is 25.5 Å². The topological polar surface area (TPSA) is 80.9 Å². The first-order chi connectivity index (χ1) is 11.7. The molecule has 0 aliphatic carbocycles. The van der Waals surface area contributed by atoms with Crippen molar-refractivity contribution in [2.75, 3.05) is 40.0 Å². The van der Waals surface area contributed by atoms with Crippen molar-refractivity contribution in [3.8, 4) is 0 Å². The summed E-state index contributed by atoms with van der Waals surface area (Å²) < 4.78 is 15.8. The van der Waals surface area contributed by atoms with E-state index in [9.17, 15) is 0 Å². The molecule has 0 amide bonds. The summed E-state index contributed by atoms with van der Waals surface area (Å²) in [5.74, 6) is 1.99. The summed E-state index contributed by atoms with van der Waals surface area (Å²) in [4.78, 5) is 4.52. The molecule has 7 nitrogen and oxygen atoms in total. The predicted octanol–water partition coefficient (Wildman–Crippen LogP) is 2.30. The molecule has 0 radical (unpaired) electrons. The van der Waals surface area contributed by atoms with Crippen LogP contribution in [-0.2, 0) is 16.0 Å². The Morgan fingerprint density at radius 3 is 2.67 bits per heavy atom. The van der Waals surface area contributed by atoms with Crippen LogP contribution in [0.25, 0.3) is 0 Å². The predicted molar refractivity (Wildman–Crippen MR) is 95.3 cm³/mol. The third kappa shape index (κ3) is 7.79. The molecule has 1 aromatic rings. The molecule has 0 atom stereocenters. The molecule has 0 aliphatic heterocycles. The Morgan fingerprint density at radius 2 is 2.00 bits per heavy atom. The van der Waals surface area contributed by atoms with Gasteiger partial charge in [0.2, 0.25) is 0 Å². The average molecular weight is 340 g/mol. The Bertz CT molecular complexity index is 458. The summed E-state index contributed by atoms with van der Waals surface area (Å²) >= 11 is 0. The maximum Gasteiger partial charge on any atom is 0.191 e. The lowest BCUT2D eigenvalue weighted by Crippen LogP contribution is -2.39. The average Bonchev–Trinajstić information content (AvgIpc) is 3.05. The highest BCUT2D eigenvalue weighted by atomic mass is 16.5. The molecule has 0 aromatic carbocycles. The number of guanidine groups is 1. The molecule has 0 saturated heterocycles. The van der Waals surface area contributed by atoms with Crippen LogP contribution in [0.4, 0.5) is 0 Å². The minimum absolute atomic E-state index is 0.460. The number of rotatable bonds is 12. The largest absolute Gasteiger partial charge is 0.382 e. The minimum atomic E-state index is 0.460. The van der Waals surface area contributed by atoms with Gasteiger partial charge in [0.1, 0.15) is 6.54 Å². The highest BCUT2D eigenvalue weighted by Crippen LogP contribution is 2.22. The Kier molecular flexibility index (Phi) is 10.9. The summed E-state index contributed by atoms with van der Waals surface area (Å²) in [6, 6.07) is 2.01. The Hall–Kier alpha value is -1.60. The monoisotopic (exact) mass is 340 g/mol.